The maximum absolute atomic E-state index is 13.6. The SMILES string of the molecule is O=C1OC(C(=O)Nc2ccc(F)c(F)c2F)Cc2ccccc21. The van der Waals surface area contributed by atoms with Gasteiger partial charge in [0.25, 0.3) is 5.91 Å². The van der Waals surface area contributed by atoms with Crippen LogP contribution in [-0.2, 0) is 16.0 Å². The van der Waals surface area contributed by atoms with E-state index >= 15 is 0 Å². The summed E-state index contributed by atoms with van der Waals surface area (Å²) in [5, 5.41) is 2.10. The van der Waals surface area contributed by atoms with E-state index in [9.17, 15) is 22.8 Å². The number of cyclic esters (lactones) is 1. The normalized spacial score (nSPS) is 16.5. The highest BCUT2D eigenvalue weighted by atomic mass is 19.2. The average Bonchev–Trinajstić information content (AvgIpc) is 2.55. The number of amides is 1. The minimum absolute atomic E-state index is 0.110. The first kappa shape index (κ1) is 15.1. The summed E-state index contributed by atoms with van der Waals surface area (Å²) in [7, 11) is 0. The van der Waals surface area contributed by atoms with Crippen molar-refractivity contribution in [1.82, 2.24) is 0 Å². The van der Waals surface area contributed by atoms with Gasteiger partial charge >= 0.3 is 5.97 Å². The van der Waals surface area contributed by atoms with E-state index < -0.39 is 41.1 Å². The number of esters is 1. The zero-order valence-corrected chi connectivity index (χ0v) is 11.6. The number of anilines is 1. The first-order valence-corrected chi connectivity index (χ1v) is 6.70. The molecule has 0 spiro atoms. The molecule has 0 aliphatic carbocycles. The van der Waals surface area contributed by atoms with Crippen molar-refractivity contribution in [3.8, 4) is 0 Å². The van der Waals surface area contributed by atoms with Gasteiger partial charge in [-0.2, -0.15) is 0 Å². The van der Waals surface area contributed by atoms with E-state index in [0.717, 1.165) is 6.07 Å². The summed E-state index contributed by atoms with van der Waals surface area (Å²) >= 11 is 0. The van der Waals surface area contributed by atoms with E-state index in [1.54, 1.807) is 24.3 Å². The largest absolute Gasteiger partial charge is 0.448 e. The summed E-state index contributed by atoms with van der Waals surface area (Å²) in [6.45, 7) is 0. The molecule has 1 amide bonds. The molecule has 4 nitrogen and oxygen atoms in total. The van der Waals surface area contributed by atoms with Crippen LogP contribution in [0.1, 0.15) is 15.9 Å². The van der Waals surface area contributed by atoms with Crippen LogP contribution in [0.15, 0.2) is 36.4 Å². The minimum Gasteiger partial charge on any atom is -0.448 e. The summed E-state index contributed by atoms with van der Waals surface area (Å²) in [5.41, 5.74) is 0.453. The topological polar surface area (TPSA) is 55.4 Å². The zero-order valence-electron chi connectivity index (χ0n) is 11.6. The van der Waals surface area contributed by atoms with Gasteiger partial charge < -0.3 is 10.1 Å². The first-order chi connectivity index (χ1) is 11.0. The Bertz CT molecular complexity index is 807. The molecule has 1 atom stereocenters. The summed E-state index contributed by atoms with van der Waals surface area (Å²) < 4.78 is 44.6. The number of hydrogen-bond acceptors (Lipinski definition) is 3. The Kier molecular flexibility index (Phi) is 3.77. The second-order valence-electron chi connectivity index (χ2n) is 4.97. The highest BCUT2D eigenvalue weighted by molar-refractivity contribution is 6.00. The first-order valence-electron chi connectivity index (χ1n) is 6.70. The predicted molar refractivity (Wildman–Crippen MR) is 74.3 cm³/mol. The highest BCUT2D eigenvalue weighted by Crippen LogP contribution is 2.23. The summed E-state index contributed by atoms with van der Waals surface area (Å²) in [6.07, 6.45) is -1.07. The van der Waals surface area contributed by atoms with Gasteiger partial charge in [-0.3, -0.25) is 4.79 Å². The molecule has 3 rings (SSSR count). The van der Waals surface area contributed by atoms with Crippen LogP contribution >= 0.6 is 0 Å². The van der Waals surface area contributed by atoms with E-state index in [1.165, 1.54) is 0 Å². The van der Waals surface area contributed by atoms with Crippen molar-refractivity contribution in [3.05, 3.63) is 65.0 Å². The van der Waals surface area contributed by atoms with Gasteiger partial charge in [-0.25, -0.2) is 18.0 Å². The highest BCUT2D eigenvalue weighted by Gasteiger charge is 2.31. The molecule has 0 saturated heterocycles. The van der Waals surface area contributed by atoms with Gasteiger partial charge in [0.15, 0.2) is 23.6 Å². The average molecular weight is 321 g/mol. The number of rotatable bonds is 2. The Labute approximate surface area is 128 Å². The van der Waals surface area contributed by atoms with Gasteiger partial charge in [-0.05, 0) is 23.8 Å². The minimum atomic E-state index is -1.69. The van der Waals surface area contributed by atoms with Crippen molar-refractivity contribution >= 4 is 17.6 Å². The monoisotopic (exact) mass is 321 g/mol. The van der Waals surface area contributed by atoms with Crippen molar-refractivity contribution in [2.24, 2.45) is 0 Å². The molecule has 0 bridgehead atoms. The second kappa shape index (κ2) is 5.75. The Hall–Kier alpha value is -2.83. The molecule has 2 aromatic rings. The molecule has 1 aliphatic rings. The Balaban J connectivity index is 1.80. The quantitative estimate of drug-likeness (QED) is 0.683. The number of hydrogen-bond donors (Lipinski definition) is 1. The third kappa shape index (κ3) is 2.77. The molecule has 0 radical (unpaired) electrons. The maximum atomic E-state index is 13.6. The lowest BCUT2D eigenvalue weighted by molar-refractivity contribution is -0.125. The molecule has 23 heavy (non-hydrogen) atoms. The molecule has 0 fully saturated rings. The molecular weight excluding hydrogens is 311 g/mol. The number of nitrogens with one attached hydrogen (secondary N) is 1. The second-order valence-corrected chi connectivity index (χ2v) is 4.97. The smallest absolute Gasteiger partial charge is 0.339 e. The fourth-order valence-electron chi connectivity index (χ4n) is 2.31. The van der Waals surface area contributed by atoms with Crippen LogP contribution in [-0.4, -0.2) is 18.0 Å². The Morgan fingerprint density at radius 3 is 2.61 bits per heavy atom. The maximum Gasteiger partial charge on any atom is 0.339 e. The molecule has 1 unspecified atom stereocenters. The number of ether oxygens (including phenoxy) is 1. The molecule has 0 aromatic heterocycles. The fourth-order valence-corrected chi connectivity index (χ4v) is 2.31. The van der Waals surface area contributed by atoms with Gasteiger partial charge in [0.1, 0.15) is 0 Å². The molecule has 1 N–H and O–H groups in total. The van der Waals surface area contributed by atoms with E-state index in [0.29, 0.717) is 17.2 Å². The van der Waals surface area contributed by atoms with Crippen LogP contribution in [0.3, 0.4) is 0 Å². The number of carbonyl (C=O) groups excluding carboxylic acids is 2. The van der Waals surface area contributed by atoms with Gasteiger partial charge in [0.2, 0.25) is 0 Å². The van der Waals surface area contributed by atoms with Crippen molar-refractivity contribution in [3.63, 3.8) is 0 Å². The predicted octanol–water partition coefficient (Wildman–Crippen LogP) is 2.82. The number of benzene rings is 2. The Morgan fingerprint density at radius 2 is 1.83 bits per heavy atom. The van der Waals surface area contributed by atoms with Crippen molar-refractivity contribution < 1.29 is 27.5 Å². The fraction of sp³-hybridized carbons (Fsp3) is 0.125. The number of carbonyl (C=O) groups is 2. The summed E-state index contributed by atoms with van der Waals surface area (Å²) in [4.78, 5) is 23.9. The molecule has 1 heterocycles. The molecule has 2 aromatic carbocycles. The van der Waals surface area contributed by atoms with E-state index in [2.05, 4.69) is 5.32 Å². The zero-order chi connectivity index (χ0) is 16.6. The van der Waals surface area contributed by atoms with Crippen molar-refractivity contribution in [1.29, 1.82) is 0 Å². The van der Waals surface area contributed by atoms with Crippen molar-refractivity contribution in [2.45, 2.75) is 12.5 Å². The van der Waals surface area contributed by atoms with Crippen LogP contribution in [0.2, 0.25) is 0 Å². The molecular formula is C16H10F3NO3. The molecule has 0 saturated carbocycles. The van der Waals surface area contributed by atoms with Gasteiger partial charge in [-0.1, -0.05) is 18.2 Å². The lowest BCUT2D eigenvalue weighted by Crippen LogP contribution is -2.38. The number of fused-ring (bicyclic) bond motifs is 1. The van der Waals surface area contributed by atoms with Crippen LogP contribution in [0.25, 0.3) is 0 Å². The lowest BCUT2D eigenvalue weighted by atomic mass is 9.98. The van der Waals surface area contributed by atoms with Crippen LogP contribution in [0.4, 0.5) is 18.9 Å². The number of halogens is 3. The van der Waals surface area contributed by atoms with Gasteiger partial charge in [-0.15, -0.1) is 0 Å². The van der Waals surface area contributed by atoms with Crippen molar-refractivity contribution in [2.75, 3.05) is 5.32 Å². The van der Waals surface area contributed by atoms with Gasteiger partial charge in [0, 0.05) is 6.42 Å². The Morgan fingerprint density at radius 1 is 1.09 bits per heavy atom. The standard InChI is InChI=1S/C16H10F3NO3/c17-10-5-6-11(14(19)13(10)18)20-15(21)12-7-8-3-1-2-4-9(8)16(22)23-12/h1-6,12H,7H2,(H,20,21). The van der Waals surface area contributed by atoms with E-state index in [1.807, 2.05) is 0 Å². The van der Waals surface area contributed by atoms with Crippen LogP contribution < -0.4 is 5.32 Å². The third-order valence-electron chi connectivity index (χ3n) is 3.48. The summed E-state index contributed by atoms with van der Waals surface area (Å²) in [6, 6.07) is 8.20. The van der Waals surface area contributed by atoms with Crippen LogP contribution in [0, 0.1) is 17.5 Å². The molecule has 1 aliphatic heterocycles. The van der Waals surface area contributed by atoms with Crippen LogP contribution in [0.5, 0.6) is 0 Å². The summed E-state index contributed by atoms with van der Waals surface area (Å²) in [5.74, 6) is -6.05. The van der Waals surface area contributed by atoms with Gasteiger partial charge in [0.05, 0.1) is 11.3 Å². The molecule has 7 heteroatoms. The van der Waals surface area contributed by atoms with E-state index in [-0.39, 0.29) is 6.42 Å². The lowest BCUT2D eigenvalue weighted by Gasteiger charge is -2.23. The third-order valence-corrected chi connectivity index (χ3v) is 3.48. The van der Waals surface area contributed by atoms with E-state index in [4.69, 9.17) is 4.74 Å². The molecule has 118 valence electrons.